The van der Waals surface area contributed by atoms with Gasteiger partial charge < -0.3 is 4.90 Å². The lowest BCUT2D eigenvalue weighted by Crippen LogP contribution is -2.13. The Morgan fingerprint density at radius 2 is 2.50 bits per heavy atom. The number of likely N-dealkylation sites (tertiary alicyclic amines) is 1. The SMILES string of the molecule is CN1CCC(CC#CN=C=O)C1. The third-order valence-corrected chi connectivity index (χ3v) is 2.06. The van der Waals surface area contributed by atoms with Gasteiger partial charge in [0.15, 0.2) is 0 Å². The second-order valence-electron chi connectivity index (χ2n) is 3.11. The van der Waals surface area contributed by atoms with Crippen LogP contribution in [0.25, 0.3) is 0 Å². The fraction of sp³-hybridized carbons (Fsp3) is 0.667. The number of isocyanates is 1. The molecule has 1 aliphatic rings. The molecule has 1 saturated heterocycles. The van der Waals surface area contributed by atoms with Gasteiger partial charge in [-0.15, -0.1) is 4.99 Å². The minimum absolute atomic E-state index is 0.657. The van der Waals surface area contributed by atoms with Gasteiger partial charge >= 0.3 is 0 Å². The molecule has 0 radical (unpaired) electrons. The van der Waals surface area contributed by atoms with Gasteiger partial charge in [0.2, 0.25) is 6.08 Å². The van der Waals surface area contributed by atoms with Crippen molar-refractivity contribution in [2.75, 3.05) is 20.1 Å². The van der Waals surface area contributed by atoms with Gasteiger partial charge in [0.05, 0.1) is 0 Å². The Hall–Kier alpha value is -1.10. The van der Waals surface area contributed by atoms with E-state index >= 15 is 0 Å². The summed E-state index contributed by atoms with van der Waals surface area (Å²) in [5, 5.41) is 0. The molecule has 12 heavy (non-hydrogen) atoms. The summed E-state index contributed by atoms with van der Waals surface area (Å²) >= 11 is 0. The highest BCUT2D eigenvalue weighted by molar-refractivity contribution is 5.36. The van der Waals surface area contributed by atoms with Crippen LogP contribution in [0.15, 0.2) is 4.99 Å². The van der Waals surface area contributed by atoms with Crippen molar-refractivity contribution in [3.8, 4) is 12.0 Å². The van der Waals surface area contributed by atoms with Gasteiger partial charge in [0, 0.05) is 19.0 Å². The zero-order valence-corrected chi connectivity index (χ0v) is 7.21. The molecule has 64 valence electrons. The molecule has 0 N–H and O–H groups in total. The van der Waals surface area contributed by atoms with Gasteiger partial charge in [-0.25, -0.2) is 4.79 Å². The third kappa shape index (κ3) is 2.87. The van der Waals surface area contributed by atoms with Gasteiger partial charge in [0.25, 0.3) is 0 Å². The average Bonchev–Trinajstić information content (AvgIpc) is 2.45. The summed E-state index contributed by atoms with van der Waals surface area (Å²) < 4.78 is 0. The molecule has 0 spiro atoms. The number of hydrogen-bond donors (Lipinski definition) is 0. The van der Waals surface area contributed by atoms with Gasteiger partial charge in [-0.3, -0.25) is 0 Å². The van der Waals surface area contributed by atoms with Crippen LogP contribution in [0.3, 0.4) is 0 Å². The lowest BCUT2D eigenvalue weighted by atomic mass is 10.1. The molecule has 0 saturated carbocycles. The lowest BCUT2D eigenvalue weighted by Gasteiger charge is -2.05. The predicted octanol–water partition coefficient (Wildman–Crippen LogP) is 0.625. The summed E-state index contributed by atoms with van der Waals surface area (Å²) in [5.74, 6) is 3.50. The molecule has 0 aromatic carbocycles. The summed E-state index contributed by atoms with van der Waals surface area (Å²) in [6.07, 6.45) is 3.44. The topological polar surface area (TPSA) is 32.7 Å². The smallest absolute Gasteiger partial charge is 0.249 e. The Morgan fingerprint density at radius 1 is 1.67 bits per heavy atom. The van der Waals surface area contributed by atoms with Crippen molar-refractivity contribution < 1.29 is 4.79 Å². The van der Waals surface area contributed by atoms with Gasteiger partial charge in [-0.1, -0.05) is 5.92 Å². The van der Waals surface area contributed by atoms with E-state index in [-0.39, 0.29) is 0 Å². The standard InChI is InChI=1S/C9H12N2O/c1-11-6-4-9(7-11)3-2-5-10-8-12/h9H,3-4,6-7H2,1H3. The molecule has 1 heterocycles. The lowest BCUT2D eigenvalue weighted by molar-refractivity contribution is 0.397. The van der Waals surface area contributed by atoms with E-state index in [1.54, 1.807) is 0 Å². The van der Waals surface area contributed by atoms with Crippen LogP contribution < -0.4 is 0 Å². The van der Waals surface area contributed by atoms with Crippen LogP contribution >= 0.6 is 0 Å². The number of nitrogens with zero attached hydrogens (tertiary/aromatic N) is 2. The molecule has 1 rings (SSSR count). The summed E-state index contributed by atoms with van der Waals surface area (Å²) in [4.78, 5) is 15.1. The summed E-state index contributed by atoms with van der Waals surface area (Å²) in [6.45, 7) is 2.27. The molecule has 0 aromatic rings. The number of rotatable bonds is 1. The molecule has 1 unspecified atom stereocenters. The summed E-state index contributed by atoms with van der Waals surface area (Å²) in [7, 11) is 2.11. The molecule has 3 nitrogen and oxygen atoms in total. The second kappa shape index (κ2) is 4.71. The van der Waals surface area contributed by atoms with Crippen LogP contribution in [-0.2, 0) is 4.79 Å². The minimum Gasteiger partial charge on any atom is -0.306 e. The van der Waals surface area contributed by atoms with Crippen molar-refractivity contribution in [2.24, 2.45) is 10.9 Å². The highest BCUT2D eigenvalue weighted by Crippen LogP contribution is 2.16. The van der Waals surface area contributed by atoms with E-state index in [9.17, 15) is 4.79 Å². The molecular weight excluding hydrogens is 152 g/mol. The van der Waals surface area contributed by atoms with Crippen molar-refractivity contribution >= 4 is 6.08 Å². The van der Waals surface area contributed by atoms with E-state index < -0.39 is 0 Å². The average molecular weight is 164 g/mol. The molecular formula is C9H12N2O. The third-order valence-electron chi connectivity index (χ3n) is 2.06. The Balaban J connectivity index is 2.25. The Labute approximate surface area is 72.5 Å². The quantitative estimate of drug-likeness (QED) is 0.323. The van der Waals surface area contributed by atoms with Crippen LogP contribution in [0.5, 0.6) is 0 Å². The van der Waals surface area contributed by atoms with Crippen molar-refractivity contribution in [1.82, 2.24) is 4.90 Å². The van der Waals surface area contributed by atoms with E-state index in [1.807, 2.05) is 0 Å². The maximum atomic E-state index is 9.65. The number of hydrogen-bond acceptors (Lipinski definition) is 3. The van der Waals surface area contributed by atoms with Crippen molar-refractivity contribution in [3.05, 3.63) is 0 Å². The largest absolute Gasteiger partial charge is 0.306 e. The molecule has 1 atom stereocenters. The van der Waals surface area contributed by atoms with E-state index in [4.69, 9.17) is 0 Å². The first kappa shape index (κ1) is 8.99. The molecule has 0 amide bonds. The summed E-state index contributed by atoms with van der Waals surface area (Å²) in [6, 6.07) is 2.41. The maximum Gasteiger partial charge on any atom is 0.249 e. The van der Waals surface area contributed by atoms with E-state index in [1.165, 1.54) is 12.5 Å². The Morgan fingerprint density at radius 3 is 3.08 bits per heavy atom. The van der Waals surface area contributed by atoms with Crippen LogP contribution in [-0.4, -0.2) is 31.1 Å². The van der Waals surface area contributed by atoms with Crippen LogP contribution in [0.2, 0.25) is 0 Å². The van der Waals surface area contributed by atoms with Crippen LogP contribution in [0, 0.1) is 17.9 Å². The highest BCUT2D eigenvalue weighted by atomic mass is 16.1. The molecule has 0 aliphatic carbocycles. The van der Waals surface area contributed by atoms with Gasteiger partial charge in [-0.05, 0) is 25.9 Å². The zero-order valence-electron chi connectivity index (χ0n) is 7.21. The van der Waals surface area contributed by atoms with E-state index in [2.05, 4.69) is 28.9 Å². The van der Waals surface area contributed by atoms with Crippen molar-refractivity contribution in [3.63, 3.8) is 0 Å². The fourth-order valence-electron chi connectivity index (χ4n) is 1.45. The predicted molar refractivity (Wildman–Crippen MR) is 46.1 cm³/mol. The molecule has 0 bridgehead atoms. The van der Waals surface area contributed by atoms with Gasteiger partial charge in [0.1, 0.15) is 0 Å². The molecule has 3 heteroatoms. The maximum absolute atomic E-state index is 9.65. The first-order chi connectivity index (χ1) is 5.83. The Kier molecular flexibility index (Phi) is 3.53. The van der Waals surface area contributed by atoms with Crippen LogP contribution in [0.4, 0.5) is 0 Å². The normalized spacial score (nSPS) is 22.6. The summed E-state index contributed by atoms with van der Waals surface area (Å²) in [5.41, 5.74) is 0. The van der Waals surface area contributed by atoms with Crippen LogP contribution in [0.1, 0.15) is 12.8 Å². The zero-order chi connectivity index (χ0) is 8.81. The minimum atomic E-state index is 0.657. The number of carbonyl (C=O) groups excluding carboxylic acids is 1. The monoisotopic (exact) mass is 164 g/mol. The molecule has 0 aromatic heterocycles. The first-order valence-corrected chi connectivity index (χ1v) is 4.06. The molecule has 1 fully saturated rings. The van der Waals surface area contributed by atoms with E-state index in [0.29, 0.717) is 5.92 Å². The first-order valence-electron chi connectivity index (χ1n) is 4.06. The number of aliphatic imine (C=N–C) groups is 1. The fourth-order valence-corrected chi connectivity index (χ4v) is 1.45. The second-order valence-corrected chi connectivity index (χ2v) is 3.11. The highest BCUT2D eigenvalue weighted by Gasteiger charge is 2.17. The Bertz CT molecular complexity index is 245. The van der Waals surface area contributed by atoms with Crippen molar-refractivity contribution in [2.45, 2.75) is 12.8 Å². The van der Waals surface area contributed by atoms with Crippen molar-refractivity contribution in [1.29, 1.82) is 0 Å². The van der Waals surface area contributed by atoms with E-state index in [0.717, 1.165) is 19.5 Å². The molecule has 1 aliphatic heterocycles. The van der Waals surface area contributed by atoms with Gasteiger partial charge in [-0.2, -0.15) is 0 Å².